The number of rotatable bonds is 5. The summed E-state index contributed by atoms with van der Waals surface area (Å²) in [5, 5.41) is 3.24. The predicted octanol–water partition coefficient (Wildman–Crippen LogP) is 3.89. The summed E-state index contributed by atoms with van der Waals surface area (Å²) >= 11 is 0. The Labute approximate surface area is 169 Å². The lowest BCUT2D eigenvalue weighted by molar-refractivity contribution is 0.101. The predicted molar refractivity (Wildman–Crippen MR) is 113 cm³/mol. The third-order valence-electron chi connectivity index (χ3n) is 5.01. The van der Waals surface area contributed by atoms with Gasteiger partial charge in [0, 0.05) is 43.5 Å². The van der Waals surface area contributed by atoms with E-state index >= 15 is 0 Å². The number of carbonyl (C=O) groups is 1. The molecule has 2 aromatic carbocycles. The Hall–Kier alpha value is -3.48. The maximum atomic E-state index is 14.0. The molecule has 148 valence electrons. The summed E-state index contributed by atoms with van der Waals surface area (Å²) in [6.45, 7) is 4.49. The lowest BCUT2D eigenvalue weighted by Crippen LogP contribution is -2.47. The molecule has 0 atom stereocenters. The smallest absolute Gasteiger partial charge is 0.159 e. The molecule has 1 saturated heterocycles. The highest BCUT2D eigenvalue weighted by molar-refractivity contribution is 5.94. The zero-order valence-electron chi connectivity index (χ0n) is 16.2. The van der Waals surface area contributed by atoms with Gasteiger partial charge in [0.05, 0.1) is 5.69 Å². The van der Waals surface area contributed by atoms with Crippen molar-refractivity contribution in [2.75, 3.05) is 41.3 Å². The molecule has 0 aliphatic carbocycles. The molecule has 1 aliphatic rings. The van der Waals surface area contributed by atoms with Crippen molar-refractivity contribution < 1.29 is 9.18 Å². The Balaban J connectivity index is 1.41. The highest BCUT2D eigenvalue weighted by atomic mass is 19.1. The van der Waals surface area contributed by atoms with E-state index in [1.54, 1.807) is 25.1 Å². The number of anilines is 4. The van der Waals surface area contributed by atoms with Crippen molar-refractivity contribution in [1.82, 2.24) is 9.97 Å². The molecule has 0 radical (unpaired) electrons. The van der Waals surface area contributed by atoms with E-state index < -0.39 is 0 Å². The number of aromatic nitrogens is 2. The van der Waals surface area contributed by atoms with Crippen LogP contribution in [0.1, 0.15) is 17.3 Å². The molecule has 0 amide bonds. The molecule has 2 heterocycles. The van der Waals surface area contributed by atoms with E-state index in [2.05, 4.69) is 25.1 Å². The molecule has 1 N–H and O–H groups in total. The molecule has 6 nitrogen and oxygen atoms in total. The molecule has 1 aromatic heterocycles. The third kappa shape index (κ3) is 4.34. The van der Waals surface area contributed by atoms with Crippen molar-refractivity contribution in [2.45, 2.75) is 6.92 Å². The largest absolute Gasteiger partial charge is 0.366 e. The Morgan fingerprint density at radius 3 is 2.34 bits per heavy atom. The average Bonchev–Trinajstić information content (AvgIpc) is 2.75. The van der Waals surface area contributed by atoms with Crippen LogP contribution in [-0.4, -0.2) is 41.9 Å². The fraction of sp³-hybridized carbons (Fsp3) is 0.227. The van der Waals surface area contributed by atoms with Gasteiger partial charge < -0.3 is 15.1 Å². The van der Waals surface area contributed by atoms with Crippen molar-refractivity contribution >= 4 is 28.8 Å². The molecule has 3 aromatic rings. The number of benzene rings is 2. The van der Waals surface area contributed by atoms with Crippen molar-refractivity contribution in [3.63, 3.8) is 0 Å². The SMILES string of the molecule is CC(=O)c1ccc(Nc2cc(N3CCN(c4ccccc4F)CC3)ncn2)cc1. The zero-order chi connectivity index (χ0) is 20.2. The molecule has 1 aliphatic heterocycles. The minimum absolute atomic E-state index is 0.0374. The lowest BCUT2D eigenvalue weighted by atomic mass is 10.1. The first kappa shape index (κ1) is 18.9. The summed E-state index contributed by atoms with van der Waals surface area (Å²) in [5.74, 6) is 1.36. The van der Waals surface area contributed by atoms with E-state index in [4.69, 9.17) is 0 Å². The summed E-state index contributed by atoms with van der Waals surface area (Å²) in [6.07, 6.45) is 1.53. The Bertz CT molecular complexity index is 1000. The fourth-order valence-corrected chi connectivity index (χ4v) is 3.41. The topological polar surface area (TPSA) is 61.4 Å². The molecule has 4 rings (SSSR count). The van der Waals surface area contributed by atoms with Crippen LogP contribution >= 0.6 is 0 Å². The number of nitrogens with zero attached hydrogens (tertiary/aromatic N) is 4. The van der Waals surface area contributed by atoms with Crippen LogP contribution < -0.4 is 15.1 Å². The number of halogens is 1. The van der Waals surface area contributed by atoms with Gasteiger partial charge in [-0.25, -0.2) is 14.4 Å². The number of carbonyl (C=O) groups excluding carboxylic acids is 1. The molecule has 0 unspecified atom stereocenters. The van der Waals surface area contributed by atoms with Gasteiger partial charge in [-0.1, -0.05) is 12.1 Å². The minimum atomic E-state index is -0.190. The van der Waals surface area contributed by atoms with Gasteiger partial charge in [-0.3, -0.25) is 4.79 Å². The van der Waals surface area contributed by atoms with Gasteiger partial charge in [-0.05, 0) is 43.3 Å². The van der Waals surface area contributed by atoms with Gasteiger partial charge in [0.25, 0.3) is 0 Å². The second kappa shape index (κ2) is 8.26. The minimum Gasteiger partial charge on any atom is -0.366 e. The summed E-state index contributed by atoms with van der Waals surface area (Å²) in [7, 11) is 0. The molecule has 0 bridgehead atoms. The first-order valence-corrected chi connectivity index (χ1v) is 9.54. The summed E-state index contributed by atoms with van der Waals surface area (Å²) in [4.78, 5) is 24.3. The number of Topliss-reactive ketones (excluding diaryl/α,β-unsaturated/α-hetero) is 1. The van der Waals surface area contributed by atoms with Crippen molar-refractivity contribution in [2.24, 2.45) is 0 Å². The molecule has 7 heteroatoms. The van der Waals surface area contributed by atoms with Crippen LogP contribution in [-0.2, 0) is 0 Å². The number of hydrogen-bond donors (Lipinski definition) is 1. The van der Waals surface area contributed by atoms with E-state index in [0.717, 1.165) is 37.7 Å². The van der Waals surface area contributed by atoms with E-state index in [0.29, 0.717) is 17.1 Å². The maximum absolute atomic E-state index is 14.0. The molecule has 1 fully saturated rings. The monoisotopic (exact) mass is 391 g/mol. The van der Waals surface area contributed by atoms with Gasteiger partial charge in [0.15, 0.2) is 5.78 Å². The lowest BCUT2D eigenvalue weighted by Gasteiger charge is -2.36. The van der Waals surface area contributed by atoms with E-state index in [-0.39, 0.29) is 11.6 Å². The summed E-state index contributed by atoms with van der Waals surface area (Å²) in [6, 6.07) is 16.1. The van der Waals surface area contributed by atoms with Crippen molar-refractivity contribution in [3.8, 4) is 0 Å². The van der Waals surface area contributed by atoms with Gasteiger partial charge >= 0.3 is 0 Å². The number of hydrogen-bond acceptors (Lipinski definition) is 6. The van der Waals surface area contributed by atoms with Crippen molar-refractivity contribution in [1.29, 1.82) is 0 Å². The number of ketones is 1. The van der Waals surface area contributed by atoms with E-state index in [9.17, 15) is 9.18 Å². The quantitative estimate of drug-likeness (QED) is 0.666. The van der Waals surface area contributed by atoms with Crippen LogP contribution in [0.5, 0.6) is 0 Å². The van der Waals surface area contributed by atoms with Gasteiger partial charge in [-0.2, -0.15) is 0 Å². The summed E-state index contributed by atoms with van der Waals surface area (Å²) in [5.41, 5.74) is 2.17. The number of para-hydroxylation sites is 1. The summed E-state index contributed by atoms with van der Waals surface area (Å²) < 4.78 is 14.0. The Kier molecular flexibility index (Phi) is 5.37. The molecule has 0 spiro atoms. The zero-order valence-corrected chi connectivity index (χ0v) is 16.2. The van der Waals surface area contributed by atoms with Gasteiger partial charge in [0.2, 0.25) is 0 Å². The number of nitrogens with one attached hydrogen (secondary N) is 1. The fourth-order valence-electron chi connectivity index (χ4n) is 3.41. The maximum Gasteiger partial charge on any atom is 0.159 e. The number of piperazine rings is 1. The first-order chi connectivity index (χ1) is 14.1. The van der Waals surface area contributed by atoms with Crippen LogP contribution in [0.25, 0.3) is 0 Å². The second-order valence-corrected chi connectivity index (χ2v) is 6.95. The van der Waals surface area contributed by atoms with Crippen LogP contribution in [0.15, 0.2) is 60.9 Å². The molecular weight excluding hydrogens is 369 g/mol. The second-order valence-electron chi connectivity index (χ2n) is 6.95. The Morgan fingerprint density at radius 1 is 0.966 bits per heavy atom. The van der Waals surface area contributed by atoms with Crippen LogP contribution in [0.4, 0.5) is 27.4 Å². The normalized spacial score (nSPS) is 14.0. The first-order valence-electron chi connectivity index (χ1n) is 9.54. The highest BCUT2D eigenvalue weighted by Gasteiger charge is 2.20. The van der Waals surface area contributed by atoms with E-state index in [1.165, 1.54) is 12.4 Å². The van der Waals surface area contributed by atoms with E-state index in [1.807, 2.05) is 30.3 Å². The molecule has 0 saturated carbocycles. The van der Waals surface area contributed by atoms with Crippen LogP contribution in [0.2, 0.25) is 0 Å². The highest BCUT2D eigenvalue weighted by Crippen LogP contribution is 2.23. The van der Waals surface area contributed by atoms with Crippen LogP contribution in [0.3, 0.4) is 0 Å². The average molecular weight is 391 g/mol. The third-order valence-corrected chi connectivity index (χ3v) is 5.01. The van der Waals surface area contributed by atoms with Crippen molar-refractivity contribution in [3.05, 3.63) is 72.3 Å². The Morgan fingerprint density at radius 2 is 1.66 bits per heavy atom. The molecular formula is C22H22FN5O. The van der Waals surface area contributed by atoms with Gasteiger partial charge in [0.1, 0.15) is 23.8 Å². The standard InChI is InChI=1S/C22H22FN5O/c1-16(29)17-6-8-18(9-7-17)26-21-14-22(25-15-24-21)28-12-10-27(11-13-28)20-5-3-2-4-19(20)23/h2-9,14-15H,10-13H2,1H3,(H,24,25,26). The van der Waals surface area contributed by atoms with Crippen LogP contribution in [0, 0.1) is 5.82 Å². The molecule has 29 heavy (non-hydrogen) atoms. The van der Waals surface area contributed by atoms with Gasteiger partial charge in [-0.15, -0.1) is 0 Å².